The first-order chi connectivity index (χ1) is 6.73. The number of hydrogen-bond donors (Lipinski definition) is 1. The molecule has 2 unspecified atom stereocenters. The lowest BCUT2D eigenvalue weighted by Gasteiger charge is -2.42. The van der Waals surface area contributed by atoms with Gasteiger partial charge in [-0.3, -0.25) is 0 Å². The SMILES string of the molecule is CON[C@@H](C)C12CC3CC(C1)C(C3)C2. The van der Waals surface area contributed by atoms with E-state index in [4.69, 9.17) is 4.84 Å². The molecule has 0 aromatic rings. The molecule has 2 heteroatoms. The van der Waals surface area contributed by atoms with Crippen LogP contribution in [-0.4, -0.2) is 13.2 Å². The van der Waals surface area contributed by atoms with Crippen LogP contribution >= 0.6 is 0 Å². The third kappa shape index (κ3) is 1.10. The van der Waals surface area contributed by atoms with E-state index in [9.17, 15) is 0 Å². The van der Waals surface area contributed by atoms with Gasteiger partial charge >= 0.3 is 0 Å². The maximum Gasteiger partial charge on any atom is 0.0572 e. The Hall–Kier alpha value is -0.0800. The van der Waals surface area contributed by atoms with Crippen LogP contribution in [0.25, 0.3) is 0 Å². The van der Waals surface area contributed by atoms with Gasteiger partial charge in [0.15, 0.2) is 0 Å². The molecule has 0 aromatic heterocycles. The maximum absolute atomic E-state index is 5.10. The molecule has 4 fully saturated rings. The summed E-state index contributed by atoms with van der Waals surface area (Å²) in [4.78, 5) is 5.10. The van der Waals surface area contributed by atoms with Gasteiger partial charge in [0.05, 0.1) is 7.11 Å². The fraction of sp³-hybridized carbons (Fsp3) is 1.00. The number of hydrogen-bond acceptors (Lipinski definition) is 2. The van der Waals surface area contributed by atoms with E-state index in [1.165, 1.54) is 32.1 Å². The Morgan fingerprint density at radius 3 is 2.36 bits per heavy atom. The van der Waals surface area contributed by atoms with Crippen LogP contribution in [0, 0.1) is 23.2 Å². The van der Waals surface area contributed by atoms with E-state index < -0.39 is 0 Å². The van der Waals surface area contributed by atoms with Gasteiger partial charge in [0.1, 0.15) is 0 Å². The molecule has 0 aromatic carbocycles. The molecule has 1 N–H and O–H groups in total. The van der Waals surface area contributed by atoms with Crippen LogP contribution in [0.2, 0.25) is 0 Å². The summed E-state index contributed by atoms with van der Waals surface area (Å²) in [6.07, 6.45) is 7.45. The third-order valence-electron chi connectivity index (χ3n) is 5.18. The largest absolute Gasteiger partial charge is 0.305 e. The minimum atomic E-state index is 0.545. The van der Waals surface area contributed by atoms with Crippen molar-refractivity contribution in [1.29, 1.82) is 0 Å². The Labute approximate surface area is 86.4 Å². The van der Waals surface area contributed by atoms with Crippen LogP contribution in [-0.2, 0) is 4.84 Å². The fourth-order valence-electron chi connectivity index (χ4n) is 4.71. The molecule has 4 saturated carbocycles. The lowest BCUT2D eigenvalue weighted by atomic mass is 9.66. The normalized spacial score (nSPS) is 51.4. The molecule has 0 spiro atoms. The van der Waals surface area contributed by atoms with Crippen LogP contribution < -0.4 is 5.48 Å². The van der Waals surface area contributed by atoms with Crippen molar-refractivity contribution < 1.29 is 4.84 Å². The van der Waals surface area contributed by atoms with E-state index in [0.29, 0.717) is 11.5 Å². The smallest absolute Gasteiger partial charge is 0.0572 e. The first-order valence-corrected chi connectivity index (χ1v) is 6.02. The average Bonchev–Trinajstić information content (AvgIpc) is 2.55. The van der Waals surface area contributed by atoms with Gasteiger partial charge in [-0.15, -0.1) is 0 Å². The molecular weight excluding hydrogens is 174 g/mol. The highest BCUT2D eigenvalue weighted by molar-refractivity contribution is 5.08. The molecule has 4 bridgehead atoms. The highest BCUT2D eigenvalue weighted by atomic mass is 16.6. The molecule has 4 rings (SSSR count). The molecule has 3 atom stereocenters. The van der Waals surface area contributed by atoms with Crippen molar-refractivity contribution in [3.05, 3.63) is 0 Å². The Kier molecular flexibility index (Phi) is 1.94. The average molecular weight is 195 g/mol. The number of rotatable bonds is 3. The van der Waals surface area contributed by atoms with Crippen molar-refractivity contribution in [2.24, 2.45) is 23.2 Å². The van der Waals surface area contributed by atoms with E-state index in [-0.39, 0.29) is 0 Å². The lowest BCUT2D eigenvalue weighted by molar-refractivity contribution is -0.00877. The Morgan fingerprint density at radius 1 is 1.21 bits per heavy atom. The maximum atomic E-state index is 5.10. The molecule has 4 aliphatic carbocycles. The summed E-state index contributed by atoms with van der Waals surface area (Å²) in [5, 5.41) is 0. The molecule has 0 amide bonds. The minimum Gasteiger partial charge on any atom is -0.305 e. The first-order valence-electron chi connectivity index (χ1n) is 6.02. The molecule has 80 valence electrons. The monoisotopic (exact) mass is 195 g/mol. The second-order valence-electron chi connectivity index (χ2n) is 5.88. The molecule has 0 aliphatic heterocycles. The van der Waals surface area contributed by atoms with Crippen LogP contribution in [0.3, 0.4) is 0 Å². The number of nitrogens with one attached hydrogen (secondary N) is 1. The van der Waals surface area contributed by atoms with Gasteiger partial charge in [-0.25, -0.2) is 0 Å². The van der Waals surface area contributed by atoms with Crippen LogP contribution in [0.4, 0.5) is 0 Å². The molecule has 0 heterocycles. The van der Waals surface area contributed by atoms with E-state index in [1.54, 1.807) is 7.11 Å². The van der Waals surface area contributed by atoms with Gasteiger partial charge in [0.2, 0.25) is 0 Å². The van der Waals surface area contributed by atoms with Crippen LogP contribution in [0.15, 0.2) is 0 Å². The van der Waals surface area contributed by atoms with Crippen molar-refractivity contribution in [1.82, 2.24) is 5.48 Å². The highest BCUT2D eigenvalue weighted by Gasteiger charge is 2.57. The van der Waals surface area contributed by atoms with Crippen LogP contribution in [0.5, 0.6) is 0 Å². The quantitative estimate of drug-likeness (QED) is 0.698. The van der Waals surface area contributed by atoms with E-state index in [0.717, 1.165) is 17.8 Å². The molecule has 14 heavy (non-hydrogen) atoms. The Balaban J connectivity index is 1.79. The van der Waals surface area contributed by atoms with Crippen molar-refractivity contribution >= 4 is 0 Å². The van der Waals surface area contributed by atoms with E-state index in [1.807, 2.05) is 0 Å². The standard InChI is InChI=1S/C12H21NO/c1-8(13-14-2)12-5-9-3-10(6-12)11(4-9)7-12/h8-11,13H,3-7H2,1-2H3/t8-,9?,10?,11?,12?/m0/s1. The summed E-state index contributed by atoms with van der Waals surface area (Å²) >= 11 is 0. The topological polar surface area (TPSA) is 21.3 Å². The predicted molar refractivity (Wildman–Crippen MR) is 55.6 cm³/mol. The molecular formula is C12H21NO. The van der Waals surface area contributed by atoms with Crippen molar-refractivity contribution in [2.45, 2.75) is 45.1 Å². The molecule has 2 nitrogen and oxygen atoms in total. The van der Waals surface area contributed by atoms with Gasteiger partial charge < -0.3 is 4.84 Å². The Bertz CT molecular complexity index is 221. The van der Waals surface area contributed by atoms with Crippen molar-refractivity contribution in [3.63, 3.8) is 0 Å². The summed E-state index contributed by atoms with van der Waals surface area (Å²) in [7, 11) is 1.74. The lowest BCUT2D eigenvalue weighted by Crippen LogP contribution is -2.44. The summed E-state index contributed by atoms with van der Waals surface area (Å²) in [5.41, 5.74) is 3.76. The summed E-state index contributed by atoms with van der Waals surface area (Å²) < 4.78 is 0. The summed E-state index contributed by atoms with van der Waals surface area (Å²) in [5.74, 6) is 3.18. The third-order valence-corrected chi connectivity index (χ3v) is 5.18. The molecule has 4 aliphatic rings. The zero-order chi connectivity index (χ0) is 9.76. The zero-order valence-corrected chi connectivity index (χ0v) is 9.25. The van der Waals surface area contributed by atoms with Gasteiger partial charge in [0.25, 0.3) is 0 Å². The van der Waals surface area contributed by atoms with Gasteiger partial charge in [-0.2, -0.15) is 5.48 Å². The molecule has 0 saturated heterocycles. The summed E-state index contributed by atoms with van der Waals surface area (Å²) in [6.45, 7) is 2.30. The Morgan fingerprint density at radius 2 is 1.86 bits per heavy atom. The van der Waals surface area contributed by atoms with Gasteiger partial charge in [-0.05, 0) is 62.2 Å². The summed E-state index contributed by atoms with van der Waals surface area (Å²) in [6, 6.07) is 0.545. The van der Waals surface area contributed by atoms with E-state index in [2.05, 4.69) is 12.4 Å². The van der Waals surface area contributed by atoms with Gasteiger partial charge in [0, 0.05) is 6.04 Å². The number of hydroxylamine groups is 1. The molecule has 0 radical (unpaired) electrons. The van der Waals surface area contributed by atoms with E-state index >= 15 is 0 Å². The highest BCUT2D eigenvalue weighted by Crippen LogP contribution is 2.65. The fourth-order valence-corrected chi connectivity index (χ4v) is 4.71. The first kappa shape index (κ1) is 9.17. The zero-order valence-electron chi connectivity index (χ0n) is 9.25. The van der Waals surface area contributed by atoms with Crippen molar-refractivity contribution in [2.75, 3.05) is 7.11 Å². The van der Waals surface area contributed by atoms with Crippen molar-refractivity contribution in [3.8, 4) is 0 Å². The second-order valence-corrected chi connectivity index (χ2v) is 5.88. The minimum absolute atomic E-state index is 0.545. The predicted octanol–water partition coefficient (Wildman–Crippen LogP) is 2.35. The van der Waals surface area contributed by atoms with Crippen LogP contribution in [0.1, 0.15) is 39.0 Å². The second kappa shape index (κ2) is 2.96. The van der Waals surface area contributed by atoms with Gasteiger partial charge in [-0.1, -0.05) is 0 Å².